The molecule has 2 unspecified atom stereocenters. The third-order valence-corrected chi connectivity index (χ3v) is 3.82. The molecule has 100 valence electrons. The van der Waals surface area contributed by atoms with Gasteiger partial charge < -0.3 is 10.1 Å². The van der Waals surface area contributed by atoms with Gasteiger partial charge in [-0.05, 0) is 43.4 Å². The number of benzene rings is 1. The van der Waals surface area contributed by atoms with Gasteiger partial charge in [0.15, 0.2) is 0 Å². The normalized spacial score (nSPS) is 20.8. The highest BCUT2D eigenvalue weighted by Crippen LogP contribution is 2.31. The molecule has 0 aliphatic carbocycles. The van der Waals surface area contributed by atoms with Gasteiger partial charge in [0.05, 0.1) is 12.7 Å². The van der Waals surface area contributed by atoms with Crippen LogP contribution in [-0.2, 0) is 11.2 Å². The summed E-state index contributed by atoms with van der Waals surface area (Å²) in [6.45, 7) is 5.41. The molecule has 0 spiro atoms. The summed E-state index contributed by atoms with van der Waals surface area (Å²) in [5, 5.41) is 3.44. The van der Waals surface area contributed by atoms with Crippen LogP contribution in [0.25, 0.3) is 0 Å². The van der Waals surface area contributed by atoms with Crippen LogP contribution in [0.2, 0.25) is 0 Å². The minimum atomic E-state index is 0.221. The van der Waals surface area contributed by atoms with E-state index in [1.54, 1.807) is 0 Å². The zero-order chi connectivity index (χ0) is 13.0. The van der Waals surface area contributed by atoms with Crippen molar-refractivity contribution in [3.63, 3.8) is 0 Å². The molecule has 0 radical (unpaired) electrons. The Kier molecular flexibility index (Phi) is 4.79. The van der Waals surface area contributed by atoms with Gasteiger partial charge in [0.25, 0.3) is 0 Å². The fraction of sp³-hybridized carbons (Fsp3) is 0.625. The molecule has 0 saturated carbocycles. The maximum atomic E-state index is 6.03. The second-order valence-electron chi connectivity index (χ2n) is 5.61. The average Bonchev–Trinajstić information content (AvgIpc) is 2.39. The molecule has 1 aromatic carbocycles. The van der Waals surface area contributed by atoms with Crippen molar-refractivity contribution in [1.82, 2.24) is 5.32 Å². The van der Waals surface area contributed by atoms with E-state index in [2.05, 4.69) is 43.4 Å². The zero-order valence-electron chi connectivity index (χ0n) is 11.8. The number of ether oxygens (including phenoxy) is 1. The Morgan fingerprint density at radius 3 is 2.78 bits per heavy atom. The molecule has 2 nitrogen and oxygen atoms in total. The van der Waals surface area contributed by atoms with Crippen LogP contribution < -0.4 is 5.32 Å². The fourth-order valence-electron chi connectivity index (χ4n) is 2.72. The first kappa shape index (κ1) is 13.6. The lowest BCUT2D eigenvalue weighted by atomic mass is 9.90. The first-order chi connectivity index (χ1) is 8.72. The third kappa shape index (κ3) is 3.12. The van der Waals surface area contributed by atoms with E-state index in [4.69, 9.17) is 4.74 Å². The minimum absolute atomic E-state index is 0.221. The van der Waals surface area contributed by atoms with Gasteiger partial charge in [-0.3, -0.25) is 0 Å². The highest BCUT2D eigenvalue weighted by atomic mass is 16.5. The maximum absolute atomic E-state index is 6.03. The lowest BCUT2D eigenvalue weighted by molar-refractivity contribution is 0.0139. The molecule has 0 saturated heterocycles. The largest absolute Gasteiger partial charge is 0.372 e. The highest BCUT2D eigenvalue weighted by molar-refractivity contribution is 5.31. The summed E-state index contributed by atoms with van der Waals surface area (Å²) in [5.41, 5.74) is 2.84. The Balaban J connectivity index is 2.12. The summed E-state index contributed by atoms with van der Waals surface area (Å²) in [5.74, 6) is 0.750. The molecule has 2 rings (SSSR count). The molecule has 0 fully saturated rings. The van der Waals surface area contributed by atoms with E-state index in [9.17, 15) is 0 Å². The average molecular weight is 247 g/mol. The molecule has 2 heteroatoms. The summed E-state index contributed by atoms with van der Waals surface area (Å²) >= 11 is 0. The second kappa shape index (κ2) is 6.35. The van der Waals surface area contributed by atoms with Crippen LogP contribution >= 0.6 is 0 Å². The molecule has 2 atom stereocenters. The van der Waals surface area contributed by atoms with Gasteiger partial charge in [0, 0.05) is 6.04 Å². The number of rotatable bonds is 5. The van der Waals surface area contributed by atoms with E-state index in [1.807, 2.05) is 7.05 Å². The minimum Gasteiger partial charge on any atom is -0.372 e. The molecule has 0 aromatic heterocycles. The number of likely N-dealkylation sites (N-methyl/N-ethyl adjacent to an activating group) is 1. The summed E-state index contributed by atoms with van der Waals surface area (Å²) < 4.78 is 6.03. The quantitative estimate of drug-likeness (QED) is 0.862. The smallest absolute Gasteiger partial charge is 0.0980 e. The summed E-state index contributed by atoms with van der Waals surface area (Å²) in [7, 11) is 2.05. The predicted octanol–water partition coefficient (Wildman–Crippen LogP) is 3.32. The van der Waals surface area contributed by atoms with E-state index in [-0.39, 0.29) is 6.10 Å². The van der Waals surface area contributed by atoms with Crippen LogP contribution in [-0.4, -0.2) is 19.7 Å². The topological polar surface area (TPSA) is 21.3 Å². The van der Waals surface area contributed by atoms with Crippen LogP contribution in [0.1, 0.15) is 43.9 Å². The highest BCUT2D eigenvalue weighted by Gasteiger charge is 2.27. The number of fused-ring (bicyclic) bond motifs is 1. The predicted molar refractivity (Wildman–Crippen MR) is 75.8 cm³/mol. The SMILES string of the molecule is CNC(CCC(C)C)C1OCCc2ccccc21. The fourth-order valence-corrected chi connectivity index (χ4v) is 2.72. The van der Waals surface area contributed by atoms with Crippen LogP contribution in [0.15, 0.2) is 24.3 Å². The molecular weight excluding hydrogens is 222 g/mol. The van der Waals surface area contributed by atoms with E-state index < -0.39 is 0 Å². The molecule has 1 aliphatic rings. The Bertz CT molecular complexity index is 375. The van der Waals surface area contributed by atoms with E-state index in [1.165, 1.54) is 24.0 Å². The second-order valence-corrected chi connectivity index (χ2v) is 5.61. The van der Waals surface area contributed by atoms with Crippen LogP contribution in [0, 0.1) is 5.92 Å². The van der Waals surface area contributed by atoms with Crippen molar-refractivity contribution in [2.24, 2.45) is 5.92 Å². The molecule has 1 N–H and O–H groups in total. The molecular formula is C16H25NO. The van der Waals surface area contributed by atoms with Gasteiger partial charge in [-0.25, -0.2) is 0 Å². The molecule has 0 amide bonds. The summed E-state index contributed by atoms with van der Waals surface area (Å²) in [4.78, 5) is 0. The van der Waals surface area contributed by atoms with Crippen molar-refractivity contribution in [1.29, 1.82) is 0 Å². The van der Waals surface area contributed by atoms with Crippen molar-refractivity contribution < 1.29 is 4.74 Å². The number of hydrogen-bond acceptors (Lipinski definition) is 2. The van der Waals surface area contributed by atoms with E-state index in [0.717, 1.165) is 18.9 Å². The molecule has 0 bridgehead atoms. The maximum Gasteiger partial charge on any atom is 0.0980 e. The monoisotopic (exact) mass is 247 g/mol. The summed E-state index contributed by atoms with van der Waals surface area (Å²) in [6, 6.07) is 9.13. The molecule has 1 aromatic rings. The Hall–Kier alpha value is -0.860. The van der Waals surface area contributed by atoms with Crippen molar-refractivity contribution in [2.75, 3.05) is 13.7 Å². The van der Waals surface area contributed by atoms with Gasteiger partial charge >= 0.3 is 0 Å². The van der Waals surface area contributed by atoms with Crippen LogP contribution in [0.5, 0.6) is 0 Å². The lowest BCUT2D eigenvalue weighted by Gasteiger charge is -2.32. The summed E-state index contributed by atoms with van der Waals surface area (Å²) in [6.07, 6.45) is 3.69. The first-order valence-electron chi connectivity index (χ1n) is 7.09. The zero-order valence-corrected chi connectivity index (χ0v) is 11.8. The molecule has 1 heterocycles. The molecule has 18 heavy (non-hydrogen) atoms. The lowest BCUT2D eigenvalue weighted by Crippen LogP contribution is -2.36. The van der Waals surface area contributed by atoms with Crippen molar-refractivity contribution in [3.05, 3.63) is 35.4 Å². The van der Waals surface area contributed by atoms with Crippen molar-refractivity contribution in [3.8, 4) is 0 Å². The first-order valence-corrected chi connectivity index (χ1v) is 7.09. The van der Waals surface area contributed by atoms with E-state index >= 15 is 0 Å². The van der Waals surface area contributed by atoms with Crippen molar-refractivity contribution >= 4 is 0 Å². The number of nitrogens with one attached hydrogen (secondary N) is 1. The standard InChI is InChI=1S/C16H25NO/c1-12(2)8-9-15(17-3)16-14-7-5-4-6-13(14)10-11-18-16/h4-7,12,15-17H,8-11H2,1-3H3. The third-order valence-electron chi connectivity index (χ3n) is 3.82. The van der Waals surface area contributed by atoms with E-state index in [0.29, 0.717) is 6.04 Å². The van der Waals surface area contributed by atoms with Crippen molar-refractivity contribution in [2.45, 2.75) is 45.3 Å². The van der Waals surface area contributed by atoms with Gasteiger partial charge in [-0.1, -0.05) is 38.1 Å². The number of hydrogen-bond donors (Lipinski definition) is 1. The Morgan fingerprint density at radius 1 is 1.28 bits per heavy atom. The van der Waals surface area contributed by atoms with Crippen LogP contribution in [0.3, 0.4) is 0 Å². The molecule has 1 aliphatic heterocycles. The van der Waals surface area contributed by atoms with Crippen LogP contribution in [0.4, 0.5) is 0 Å². The van der Waals surface area contributed by atoms with Gasteiger partial charge in [-0.2, -0.15) is 0 Å². The Morgan fingerprint density at radius 2 is 2.06 bits per heavy atom. The van der Waals surface area contributed by atoms with Gasteiger partial charge in [0.1, 0.15) is 0 Å². The van der Waals surface area contributed by atoms with Gasteiger partial charge in [0.2, 0.25) is 0 Å². The van der Waals surface area contributed by atoms with Gasteiger partial charge in [-0.15, -0.1) is 0 Å². The Labute approximate surface area is 111 Å².